The number of imide groups is 1. The first-order chi connectivity index (χ1) is 11.2. The lowest BCUT2D eigenvalue weighted by Crippen LogP contribution is -2.39. The van der Waals surface area contributed by atoms with Crippen molar-refractivity contribution in [3.63, 3.8) is 0 Å². The van der Waals surface area contributed by atoms with Crippen molar-refractivity contribution < 1.29 is 19.2 Å². The lowest BCUT2D eigenvalue weighted by atomic mass is 9.73. The first kappa shape index (κ1) is 15.0. The third-order valence-electron chi connectivity index (χ3n) is 5.37. The molecule has 4 unspecified atom stereocenters. The molecule has 0 aliphatic carbocycles. The van der Waals surface area contributed by atoms with Gasteiger partial charge < -0.3 is 4.74 Å². The molecular formula is C17H16N2O5. The molecule has 0 N–H and O–H groups in total. The number of anilines is 1. The summed E-state index contributed by atoms with van der Waals surface area (Å²) < 4.78 is 5.93. The third-order valence-corrected chi connectivity index (χ3v) is 5.37. The Bertz CT molecular complexity index is 811. The Hall–Kier alpha value is -2.54. The van der Waals surface area contributed by atoms with E-state index >= 15 is 0 Å². The maximum absolute atomic E-state index is 12.9. The number of ether oxygens (including phenoxy) is 1. The Morgan fingerprint density at radius 3 is 2.17 bits per heavy atom. The van der Waals surface area contributed by atoms with Gasteiger partial charge in [-0.2, -0.15) is 0 Å². The fourth-order valence-electron chi connectivity index (χ4n) is 4.22. The fraction of sp³-hybridized carbons (Fsp3) is 0.412. The van der Waals surface area contributed by atoms with E-state index in [0.717, 1.165) is 4.90 Å². The van der Waals surface area contributed by atoms with E-state index in [1.165, 1.54) is 6.07 Å². The van der Waals surface area contributed by atoms with Crippen molar-refractivity contribution in [2.45, 2.75) is 32.0 Å². The van der Waals surface area contributed by atoms with Crippen molar-refractivity contribution in [2.24, 2.45) is 11.8 Å². The molecule has 2 saturated heterocycles. The molecule has 1 aromatic carbocycles. The Kier molecular flexibility index (Phi) is 2.69. The van der Waals surface area contributed by atoms with E-state index in [1.54, 1.807) is 32.9 Å². The van der Waals surface area contributed by atoms with Gasteiger partial charge >= 0.3 is 0 Å². The van der Waals surface area contributed by atoms with Crippen LogP contribution in [0.4, 0.5) is 11.4 Å². The Morgan fingerprint density at radius 2 is 1.67 bits per heavy atom. The summed E-state index contributed by atoms with van der Waals surface area (Å²) in [5, 5.41) is 11.2. The summed E-state index contributed by atoms with van der Waals surface area (Å²) in [6.45, 7) is 5.21. The molecule has 3 aliphatic rings. The topological polar surface area (TPSA) is 89.8 Å². The van der Waals surface area contributed by atoms with Crippen LogP contribution in [-0.2, 0) is 14.3 Å². The van der Waals surface area contributed by atoms with Gasteiger partial charge in [-0.1, -0.05) is 18.2 Å². The molecule has 7 nitrogen and oxygen atoms in total. The molecule has 2 fully saturated rings. The molecular weight excluding hydrogens is 312 g/mol. The number of hydrogen-bond acceptors (Lipinski definition) is 5. The van der Waals surface area contributed by atoms with E-state index in [9.17, 15) is 19.7 Å². The molecule has 0 aromatic heterocycles. The lowest BCUT2D eigenvalue weighted by molar-refractivity contribution is -0.385. The van der Waals surface area contributed by atoms with Crippen LogP contribution in [0, 0.1) is 28.9 Å². The molecule has 3 aliphatic heterocycles. The van der Waals surface area contributed by atoms with Crippen LogP contribution < -0.4 is 4.90 Å². The van der Waals surface area contributed by atoms with Gasteiger partial charge in [0.15, 0.2) is 0 Å². The van der Waals surface area contributed by atoms with Crippen molar-refractivity contribution in [2.75, 3.05) is 4.90 Å². The molecule has 2 amide bonds. The van der Waals surface area contributed by atoms with Gasteiger partial charge in [-0.05, 0) is 26.8 Å². The van der Waals surface area contributed by atoms with Crippen LogP contribution in [0.15, 0.2) is 30.4 Å². The molecule has 24 heavy (non-hydrogen) atoms. The maximum atomic E-state index is 12.9. The maximum Gasteiger partial charge on any atom is 0.274 e. The van der Waals surface area contributed by atoms with E-state index in [-0.39, 0.29) is 23.2 Å². The van der Waals surface area contributed by atoms with E-state index in [1.807, 2.05) is 12.2 Å². The van der Waals surface area contributed by atoms with Gasteiger partial charge in [0.2, 0.25) is 11.8 Å². The standard InChI is InChI=1S/C17H16N2O5/c1-9-4-5-10(8-11(9)19(22)23)18-14(20)12-13(15(18)21)17(3)7-6-16(12,2)24-17/h4-8,12-13H,1-3H3. The van der Waals surface area contributed by atoms with Crippen LogP contribution in [0.5, 0.6) is 0 Å². The summed E-state index contributed by atoms with van der Waals surface area (Å²) in [6, 6.07) is 4.40. The monoisotopic (exact) mass is 328 g/mol. The van der Waals surface area contributed by atoms with Crippen LogP contribution in [0.25, 0.3) is 0 Å². The van der Waals surface area contributed by atoms with Crippen molar-refractivity contribution in [1.82, 2.24) is 0 Å². The zero-order chi connectivity index (χ0) is 17.4. The molecule has 0 saturated carbocycles. The van der Waals surface area contributed by atoms with E-state index in [2.05, 4.69) is 0 Å². The first-order valence-electron chi connectivity index (χ1n) is 7.71. The molecule has 1 aromatic rings. The van der Waals surface area contributed by atoms with Gasteiger partial charge in [0.05, 0.1) is 33.6 Å². The number of fused-ring (bicyclic) bond motifs is 5. The molecule has 7 heteroatoms. The van der Waals surface area contributed by atoms with Gasteiger partial charge in [0.1, 0.15) is 0 Å². The highest BCUT2D eigenvalue weighted by Crippen LogP contribution is 2.57. The van der Waals surface area contributed by atoms with Crippen LogP contribution in [0.2, 0.25) is 0 Å². The number of rotatable bonds is 2. The normalized spacial score (nSPS) is 36.5. The minimum atomic E-state index is -0.808. The number of nitro benzene ring substituents is 1. The number of aryl methyl sites for hydroxylation is 1. The zero-order valence-electron chi connectivity index (χ0n) is 13.5. The summed E-state index contributed by atoms with van der Waals surface area (Å²) >= 11 is 0. The number of nitro groups is 1. The molecule has 2 bridgehead atoms. The highest BCUT2D eigenvalue weighted by molar-refractivity contribution is 6.23. The van der Waals surface area contributed by atoms with Gasteiger partial charge in [0, 0.05) is 11.6 Å². The average molecular weight is 328 g/mol. The largest absolute Gasteiger partial charge is 0.359 e. The van der Waals surface area contributed by atoms with Crippen molar-refractivity contribution in [1.29, 1.82) is 0 Å². The summed E-state index contributed by atoms with van der Waals surface area (Å²) in [4.78, 5) is 37.6. The van der Waals surface area contributed by atoms with Gasteiger partial charge in [0.25, 0.3) is 5.69 Å². The number of carbonyl (C=O) groups is 2. The zero-order valence-corrected chi connectivity index (χ0v) is 13.5. The second-order valence-electron chi connectivity index (χ2n) is 7.00. The SMILES string of the molecule is Cc1ccc(N2C(=O)C3C(C2=O)C2(C)C=CC3(C)O2)cc1[N+](=O)[O-]. The fourth-order valence-corrected chi connectivity index (χ4v) is 4.22. The molecule has 0 radical (unpaired) electrons. The van der Waals surface area contributed by atoms with Crippen LogP contribution in [-0.4, -0.2) is 27.9 Å². The Balaban J connectivity index is 1.80. The molecule has 3 heterocycles. The highest BCUT2D eigenvalue weighted by Gasteiger charge is 2.70. The van der Waals surface area contributed by atoms with Crippen molar-refractivity contribution >= 4 is 23.2 Å². The number of nitrogens with zero attached hydrogens (tertiary/aromatic N) is 2. The highest BCUT2D eigenvalue weighted by atomic mass is 16.6. The van der Waals surface area contributed by atoms with Crippen molar-refractivity contribution in [3.8, 4) is 0 Å². The van der Waals surface area contributed by atoms with E-state index < -0.39 is 28.0 Å². The predicted molar refractivity (Wildman–Crippen MR) is 84.3 cm³/mol. The number of carbonyl (C=O) groups excluding carboxylic acids is 2. The van der Waals surface area contributed by atoms with Crippen molar-refractivity contribution in [3.05, 3.63) is 46.0 Å². The molecule has 124 valence electrons. The predicted octanol–water partition coefficient (Wildman–Crippen LogP) is 2.13. The Labute approximate surface area is 138 Å². The van der Waals surface area contributed by atoms with Gasteiger partial charge in [-0.3, -0.25) is 19.7 Å². The second kappa shape index (κ2) is 4.30. The third kappa shape index (κ3) is 1.65. The van der Waals surface area contributed by atoms with Gasteiger partial charge in [-0.15, -0.1) is 0 Å². The van der Waals surface area contributed by atoms with Crippen LogP contribution >= 0.6 is 0 Å². The average Bonchev–Trinajstić information content (AvgIpc) is 3.04. The number of benzene rings is 1. The number of hydrogen-bond donors (Lipinski definition) is 0. The van der Waals surface area contributed by atoms with Gasteiger partial charge in [-0.25, -0.2) is 4.90 Å². The first-order valence-corrected chi connectivity index (χ1v) is 7.71. The van der Waals surface area contributed by atoms with E-state index in [4.69, 9.17) is 4.74 Å². The summed E-state index contributed by atoms with van der Waals surface area (Å²) in [7, 11) is 0. The smallest absolute Gasteiger partial charge is 0.274 e. The molecule has 4 rings (SSSR count). The number of amides is 2. The lowest BCUT2D eigenvalue weighted by Gasteiger charge is -2.25. The minimum Gasteiger partial charge on any atom is -0.359 e. The quantitative estimate of drug-likeness (QED) is 0.359. The van der Waals surface area contributed by atoms with Crippen LogP contribution in [0.1, 0.15) is 19.4 Å². The second-order valence-corrected chi connectivity index (χ2v) is 7.00. The molecule has 4 atom stereocenters. The summed E-state index contributed by atoms with van der Waals surface area (Å²) in [6.07, 6.45) is 3.67. The van der Waals surface area contributed by atoms with E-state index in [0.29, 0.717) is 5.56 Å². The molecule has 0 spiro atoms. The summed E-state index contributed by atoms with van der Waals surface area (Å²) in [5.41, 5.74) is -1.01. The Morgan fingerprint density at radius 1 is 1.12 bits per heavy atom. The van der Waals surface area contributed by atoms with Crippen LogP contribution in [0.3, 0.4) is 0 Å². The minimum absolute atomic E-state index is 0.111. The summed E-state index contributed by atoms with van der Waals surface area (Å²) in [5.74, 6) is -1.92.